The first-order valence-electron chi connectivity index (χ1n) is 13.1. The molecule has 2 aromatic carbocycles. The summed E-state index contributed by atoms with van der Waals surface area (Å²) < 4.78 is 19.0. The Kier molecular flexibility index (Phi) is 8.45. The van der Waals surface area contributed by atoms with Gasteiger partial charge in [0.05, 0.1) is 49.9 Å². The van der Waals surface area contributed by atoms with Gasteiger partial charge in [-0.15, -0.1) is 0 Å². The van der Waals surface area contributed by atoms with Crippen LogP contribution in [0.1, 0.15) is 20.8 Å². The number of nitrogens with zero attached hydrogens (tertiary/aromatic N) is 5. The molecule has 0 atom stereocenters. The molecule has 10 nitrogen and oxygen atoms in total. The number of carboxylic acids is 1. The lowest BCUT2D eigenvalue weighted by atomic mass is 10.2. The first-order chi connectivity index (χ1) is 18.9. The van der Waals surface area contributed by atoms with E-state index in [1.807, 2.05) is 36.4 Å². The Labute approximate surface area is 235 Å². The summed E-state index contributed by atoms with van der Waals surface area (Å²) in [5.41, 5.74) is 4.55. The molecule has 2 heterocycles. The highest BCUT2D eigenvalue weighted by molar-refractivity contribution is 6.74. The standard InChI is InChI=1S/C29H37N5O5Si/c1-29(2,3)40(6,7)39-11-10-34(22-12-23(37-4)15-24(13-22)38-5)21-8-9-25-26(14-21)32-27(17-30-25)20-16-31-33(18-20)19-28(35)36/h8-9,12-18H,10-11,19H2,1-7H3,(H,35,36). The van der Waals surface area contributed by atoms with Gasteiger partial charge in [0, 0.05) is 47.9 Å². The van der Waals surface area contributed by atoms with Crippen molar-refractivity contribution >= 4 is 36.7 Å². The second-order valence-corrected chi connectivity index (χ2v) is 15.9. The number of fused-ring (bicyclic) bond motifs is 1. The maximum absolute atomic E-state index is 11.1. The van der Waals surface area contributed by atoms with Gasteiger partial charge >= 0.3 is 5.97 Å². The Morgan fingerprint density at radius 3 is 2.33 bits per heavy atom. The zero-order valence-electron chi connectivity index (χ0n) is 24.1. The number of anilines is 2. The summed E-state index contributed by atoms with van der Waals surface area (Å²) in [5, 5.41) is 13.3. The summed E-state index contributed by atoms with van der Waals surface area (Å²) in [6.45, 7) is 12.1. The molecule has 0 aliphatic rings. The van der Waals surface area contributed by atoms with Crippen LogP contribution in [0, 0.1) is 0 Å². The van der Waals surface area contributed by atoms with E-state index in [1.54, 1.807) is 32.8 Å². The highest BCUT2D eigenvalue weighted by atomic mass is 28.4. The lowest BCUT2D eigenvalue weighted by Gasteiger charge is -2.37. The monoisotopic (exact) mass is 563 g/mol. The van der Waals surface area contributed by atoms with E-state index in [1.165, 1.54) is 4.68 Å². The summed E-state index contributed by atoms with van der Waals surface area (Å²) in [5.74, 6) is 0.410. The third-order valence-electron chi connectivity index (χ3n) is 7.30. The second kappa shape index (κ2) is 11.6. The average molecular weight is 564 g/mol. The van der Waals surface area contributed by atoms with E-state index in [0.29, 0.717) is 41.4 Å². The summed E-state index contributed by atoms with van der Waals surface area (Å²) in [4.78, 5) is 22.6. The van der Waals surface area contributed by atoms with Gasteiger partial charge in [0.15, 0.2) is 8.32 Å². The normalized spacial score (nSPS) is 12.0. The van der Waals surface area contributed by atoms with Gasteiger partial charge in [-0.05, 0) is 36.3 Å². The molecule has 2 aromatic heterocycles. The Morgan fingerprint density at radius 2 is 1.70 bits per heavy atom. The van der Waals surface area contributed by atoms with Crippen LogP contribution in [0.5, 0.6) is 11.5 Å². The van der Waals surface area contributed by atoms with Gasteiger partial charge in [-0.1, -0.05) is 20.8 Å². The van der Waals surface area contributed by atoms with Crippen molar-refractivity contribution in [2.24, 2.45) is 0 Å². The van der Waals surface area contributed by atoms with Gasteiger partial charge in [0.1, 0.15) is 18.0 Å². The van der Waals surface area contributed by atoms with Crippen LogP contribution < -0.4 is 14.4 Å². The molecule has 4 rings (SSSR count). The average Bonchev–Trinajstić information content (AvgIpc) is 3.37. The largest absolute Gasteiger partial charge is 0.497 e. The number of aliphatic carboxylic acids is 1. The van der Waals surface area contributed by atoms with Crippen LogP contribution in [0.25, 0.3) is 22.3 Å². The van der Waals surface area contributed by atoms with Crippen LogP contribution in [0.4, 0.5) is 11.4 Å². The number of benzene rings is 2. The molecule has 0 aliphatic carbocycles. The molecule has 40 heavy (non-hydrogen) atoms. The molecule has 4 aromatic rings. The fraction of sp³-hybridized carbons (Fsp3) is 0.379. The first-order valence-corrected chi connectivity index (χ1v) is 16.0. The minimum absolute atomic E-state index is 0.101. The van der Waals surface area contributed by atoms with Crippen LogP contribution in [0.3, 0.4) is 0 Å². The molecule has 0 saturated heterocycles. The Hall–Kier alpha value is -3.96. The number of ether oxygens (including phenoxy) is 2. The van der Waals surface area contributed by atoms with Crippen LogP contribution in [0.2, 0.25) is 18.1 Å². The van der Waals surface area contributed by atoms with Crippen molar-refractivity contribution in [2.75, 3.05) is 32.3 Å². The number of carboxylic acid groups (broad SMARTS) is 1. The van der Waals surface area contributed by atoms with E-state index in [0.717, 1.165) is 16.9 Å². The number of hydrogen-bond donors (Lipinski definition) is 1. The fourth-order valence-electron chi connectivity index (χ4n) is 3.99. The van der Waals surface area contributed by atoms with E-state index in [9.17, 15) is 4.79 Å². The number of aromatic nitrogens is 4. The Balaban J connectivity index is 1.72. The molecule has 11 heteroatoms. The SMILES string of the molecule is COc1cc(OC)cc(N(CCO[Si](C)(C)C(C)(C)C)c2ccc3ncc(-c4cnn(CC(=O)O)c4)nc3c2)c1. The summed E-state index contributed by atoms with van der Waals surface area (Å²) in [7, 11) is 1.32. The smallest absolute Gasteiger partial charge is 0.325 e. The fourth-order valence-corrected chi connectivity index (χ4v) is 5.03. The van der Waals surface area contributed by atoms with E-state index in [-0.39, 0.29) is 11.6 Å². The first kappa shape index (κ1) is 29.0. The van der Waals surface area contributed by atoms with Crippen molar-refractivity contribution in [3.05, 3.63) is 55.0 Å². The molecule has 212 valence electrons. The Bertz CT molecular complexity index is 1480. The van der Waals surface area contributed by atoms with Crippen molar-refractivity contribution in [1.82, 2.24) is 19.7 Å². The van der Waals surface area contributed by atoms with Crippen molar-refractivity contribution in [3.8, 4) is 22.8 Å². The molecule has 0 aliphatic heterocycles. The molecule has 0 radical (unpaired) electrons. The van der Waals surface area contributed by atoms with Crippen molar-refractivity contribution in [2.45, 2.75) is 45.4 Å². The molecule has 0 bridgehead atoms. The Morgan fingerprint density at radius 1 is 1.00 bits per heavy atom. The number of rotatable bonds is 11. The zero-order chi connectivity index (χ0) is 29.1. The third-order valence-corrected chi connectivity index (χ3v) is 11.8. The molecule has 0 amide bonds. The van der Waals surface area contributed by atoms with Crippen LogP contribution in [-0.4, -0.2) is 66.5 Å². The predicted octanol–water partition coefficient (Wildman–Crippen LogP) is 5.76. The van der Waals surface area contributed by atoms with E-state index in [2.05, 4.69) is 48.8 Å². The van der Waals surface area contributed by atoms with E-state index in [4.69, 9.17) is 24.0 Å². The lowest BCUT2D eigenvalue weighted by molar-refractivity contribution is -0.137. The number of hydrogen-bond acceptors (Lipinski definition) is 8. The minimum Gasteiger partial charge on any atom is -0.497 e. The molecule has 0 fully saturated rings. The maximum atomic E-state index is 11.1. The van der Waals surface area contributed by atoms with Crippen molar-refractivity contribution in [1.29, 1.82) is 0 Å². The van der Waals surface area contributed by atoms with Gasteiger partial charge < -0.3 is 23.9 Å². The highest BCUT2D eigenvalue weighted by Crippen LogP contribution is 2.37. The maximum Gasteiger partial charge on any atom is 0.325 e. The molecular formula is C29H37N5O5Si. The topological polar surface area (TPSA) is 112 Å². The van der Waals surface area contributed by atoms with Gasteiger partial charge in [0.2, 0.25) is 0 Å². The lowest BCUT2D eigenvalue weighted by Crippen LogP contribution is -2.42. The number of methoxy groups -OCH3 is 2. The van der Waals surface area contributed by atoms with Gasteiger partial charge in [-0.25, -0.2) is 4.98 Å². The van der Waals surface area contributed by atoms with Crippen LogP contribution in [0.15, 0.2) is 55.0 Å². The molecule has 0 unspecified atom stereocenters. The molecule has 0 spiro atoms. The van der Waals surface area contributed by atoms with E-state index >= 15 is 0 Å². The van der Waals surface area contributed by atoms with Crippen LogP contribution >= 0.6 is 0 Å². The van der Waals surface area contributed by atoms with Crippen LogP contribution in [-0.2, 0) is 15.8 Å². The summed E-state index contributed by atoms with van der Waals surface area (Å²) in [6, 6.07) is 11.7. The van der Waals surface area contributed by atoms with Gasteiger partial charge in [-0.3, -0.25) is 14.5 Å². The van der Waals surface area contributed by atoms with Crippen molar-refractivity contribution in [3.63, 3.8) is 0 Å². The second-order valence-electron chi connectivity index (χ2n) is 11.1. The predicted molar refractivity (Wildman–Crippen MR) is 158 cm³/mol. The highest BCUT2D eigenvalue weighted by Gasteiger charge is 2.37. The zero-order valence-corrected chi connectivity index (χ0v) is 25.1. The molecule has 1 N–H and O–H groups in total. The summed E-state index contributed by atoms with van der Waals surface area (Å²) in [6.07, 6.45) is 4.92. The number of carbonyl (C=O) groups is 1. The summed E-state index contributed by atoms with van der Waals surface area (Å²) >= 11 is 0. The minimum atomic E-state index is -1.95. The molecule has 0 saturated carbocycles. The van der Waals surface area contributed by atoms with E-state index < -0.39 is 14.3 Å². The van der Waals surface area contributed by atoms with Crippen molar-refractivity contribution < 1.29 is 23.8 Å². The molecular weight excluding hydrogens is 526 g/mol. The quantitative estimate of drug-likeness (QED) is 0.228. The third kappa shape index (κ3) is 6.60. The van der Waals surface area contributed by atoms with Gasteiger partial charge in [-0.2, -0.15) is 5.10 Å². The van der Waals surface area contributed by atoms with Gasteiger partial charge in [0.25, 0.3) is 0 Å².